The van der Waals surface area contributed by atoms with Gasteiger partial charge in [-0.05, 0) is 25.6 Å². The SMILES string of the molecule is CCNC(c1ccc(F)cc1F)c1ccccc1OCC. The Bertz CT molecular complexity index is 601. The molecule has 0 radical (unpaired) electrons. The van der Waals surface area contributed by atoms with Crippen LogP contribution in [0.5, 0.6) is 5.75 Å². The molecule has 0 aromatic heterocycles. The summed E-state index contributed by atoms with van der Waals surface area (Å²) in [6, 6.07) is 10.8. The van der Waals surface area contributed by atoms with Crippen molar-refractivity contribution in [2.45, 2.75) is 19.9 Å². The molecule has 0 amide bonds. The maximum absolute atomic E-state index is 14.1. The molecule has 0 aliphatic rings. The van der Waals surface area contributed by atoms with Crippen molar-refractivity contribution in [3.8, 4) is 5.75 Å². The van der Waals surface area contributed by atoms with Gasteiger partial charge in [0.05, 0.1) is 12.6 Å². The van der Waals surface area contributed by atoms with Crippen LogP contribution in [0, 0.1) is 11.6 Å². The van der Waals surface area contributed by atoms with Crippen molar-refractivity contribution in [1.82, 2.24) is 5.32 Å². The van der Waals surface area contributed by atoms with Crippen molar-refractivity contribution in [2.24, 2.45) is 0 Å². The standard InChI is InChI=1S/C17H19F2NO/c1-3-20-17(13-10-9-12(18)11-15(13)19)14-7-5-6-8-16(14)21-4-2/h5-11,17,20H,3-4H2,1-2H3. The summed E-state index contributed by atoms with van der Waals surface area (Å²) in [5.41, 5.74) is 1.25. The van der Waals surface area contributed by atoms with E-state index in [4.69, 9.17) is 4.74 Å². The number of benzene rings is 2. The molecule has 1 unspecified atom stereocenters. The molecule has 0 aliphatic heterocycles. The van der Waals surface area contributed by atoms with Crippen molar-refractivity contribution in [1.29, 1.82) is 0 Å². The van der Waals surface area contributed by atoms with Crippen LogP contribution in [0.3, 0.4) is 0 Å². The number of halogens is 2. The third-order valence-electron chi connectivity index (χ3n) is 3.21. The minimum atomic E-state index is -0.579. The Morgan fingerprint density at radius 2 is 1.81 bits per heavy atom. The second-order valence-electron chi connectivity index (χ2n) is 4.63. The van der Waals surface area contributed by atoms with Crippen molar-refractivity contribution in [2.75, 3.05) is 13.2 Å². The predicted molar refractivity (Wildman–Crippen MR) is 79.5 cm³/mol. The van der Waals surface area contributed by atoms with E-state index >= 15 is 0 Å². The normalized spacial score (nSPS) is 12.2. The molecule has 4 heteroatoms. The summed E-state index contributed by atoms with van der Waals surface area (Å²) in [7, 11) is 0. The van der Waals surface area contributed by atoms with E-state index in [9.17, 15) is 8.78 Å². The second kappa shape index (κ2) is 7.18. The van der Waals surface area contributed by atoms with E-state index < -0.39 is 11.6 Å². The van der Waals surface area contributed by atoms with Crippen LogP contribution in [0.2, 0.25) is 0 Å². The molecule has 2 nitrogen and oxygen atoms in total. The smallest absolute Gasteiger partial charge is 0.131 e. The van der Waals surface area contributed by atoms with Gasteiger partial charge >= 0.3 is 0 Å². The first-order chi connectivity index (χ1) is 10.2. The summed E-state index contributed by atoms with van der Waals surface area (Å²) < 4.78 is 32.8. The third kappa shape index (κ3) is 3.58. The third-order valence-corrected chi connectivity index (χ3v) is 3.21. The van der Waals surface area contributed by atoms with E-state index in [-0.39, 0.29) is 6.04 Å². The lowest BCUT2D eigenvalue weighted by Crippen LogP contribution is -2.23. The molecule has 0 saturated heterocycles. The fraction of sp³-hybridized carbons (Fsp3) is 0.294. The zero-order chi connectivity index (χ0) is 15.2. The Labute approximate surface area is 123 Å². The highest BCUT2D eigenvalue weighted by atomic mass is 19.1. The molecule has 0 aliphatic carbocycles. The van der Waals surface area contributed by atoms with Gasteiger partial charge in [0, 0.05) is 17.2 Å². The Morgan fingerprint density at radius 1 is 1.05 bits per heavy atom. The highest BCUT2D eigenvalue weighted by molar-refractivity contribution is 5.42. The van der Waals surface area contributed by atoms with Crippen LogP contribution in [0.1, 0.15) is 31.0 Å². The molecule has 21 heavy (non-hydrogen) atoms. The Kier molecular flexibility index (Phi) is 5.28. The van der Waals surface area contributed by atoms with Gasteiger partial charge in [-0.2, -0.15) is 0 Å². The number of rotatable bonds is 6. The molecule has 2 rings (SSSR count). The first kappa shape index (κ1) is 15.4. The van der Waals surface area contributed by atoms with Gasteiger partial charge in [0.25, 0.3) is 0 Å². The van der Waals surface area contributed by atoms with E-state index in [0.717, 1.165) is 11.6 Å². The largest absolute Gasteiger partial charge is 0.494 e. The Morgan fingerprint density at radius 3 is 2.48 bits per heavy atom. The van der Waals surface area contributed by atoms with E-state index in [0.29, 0.717) is 24.5 Å². The average molecular weight is 291 g/mol. The van der Waals surface area contributed by atoms with Crippen LogP contribution in [0.15, 0.2) is 42.5 Å². The molecule has 1 atom stereocenters. The summed E-state index contributed by atoms with van der Waals surface area (Å²) in [5, 5.41) is 3.23. The maximum atomic E-state index is 14.1. The van der Waals surface area contributed by atoms with Gasteiger partial charge in [-0.1, -0.05) is 31.2 Å². The van der Waals surface area contributed by atoms with Gasteiger partial charge in [0.15, 0.2) is 0 Å². The topological polar surface area (TPSA) is 21.3 Å². The van der Waals surface area contributed by atoms with Crippen LogP contribution >= 0.6 is 0 Å². The van der Waals surface area contributed by atoms with Crippen LogP contribution in [-0.4, -0.2) is 13.2 Å². The highest BCUT2D eigenvalue weighted by Gasteiger charge is 2.20. The monoisotopic (exact) mass is 291 g/mol. The van der Waals surface area contributed by atoms with Gasteiger partial charge in [-0.3, -0.25) is 0 Å². The first-order valence-corrected chi connectivity index (χ1v) is 7.07. The van der Waals surface area contributed by atoms with E-state index in [1.807, 2.05) is 38.1 Å². The molecule has 0 bridgehead atoms. The van der Waals surface area contributed by atoms with E-state index in [1.165, 1.54) is 12.1 Å². The van der Waals surface area contributed by atoms with Crippen molar-refractivity contribution >= 4 is 0 Å². The molecule has 0 spiro atoms. The lowest BCUT2D eigenvalue weighted by molar-refractivity contribution is 0.333. The quantitative estimate of drug-likeness (QED) is 0.866. The zero-order valence-corrected chi connectivity index (χ0v) is 12.2. The molecular formula is C17H19F2NO. The minimum absolute atomic E-state index is 0.377. The molecule has 0 fully saturated rings. The summed E-state index contributed by atoms with van der Waals surface area (Å²) >= 11 is 0. The van der Waals surface area contributed by atoms with Gasteiger partial charge in [0.1, 0.15) is 17.4 Å². The second-order valence-corrected chi connectivity index (χ2v) is 4.63. The highest BCUT2D eigenvalue weighted by Crippen LogP contribution is 2.31. The molecule has 1 N–H and O–H groups in total. The number of ether oxygens (including phenoxy) is 1. The number of hydrogen-bond acceptors (Lipinski definition) is 2. The fourth-order valence-corrected chi connectivity index (χ4v) is 2.33. The number of hydrogen-bond donors (Lipinski definition) is 1. The van der Waals surface area contributed by atoms with E-state index in [2.05, 4.69) is 5.32 Å². The summed E-state index contributed by atoms with van der Waals surface area (Å²) in [5.74, 6) is -0.438. The Hall–Kier alpha value is -1.94. The fourth-order valence-electron chi connectivity index (χ4n) is 2.33. The van der Waals surface area contributed by atoms with Crippen LogP contribution in [0.4, 0.5) is 8.78 Å². The molecular weight excluding hydrogens is 272 g/mol. The molecule has 2 aromatic carbocycles. The summed E-state index contributed by atoms with van der Waals surface area (Å²) in [4.78, 5) is 0. The average Bonchev–Trinajstić information content (AvgIpc) is 2.47. The Balaban J connectivity index is 2.48. The first-order valence-electron chi connectivity index (χ1n) is 7.07. The van der Waals surface area contributed by atoms with Crippen molar-refractivity contribution in [3.05, 3.63) is 65.2 Å². The molecule has 0 heterocycles. The van der Waals surface area contributed by atoms with Crippen LogP contribution < -0.4 is 10.1 Å². The lowest BCUT2D eigenvalue weighted by atomic mass is 9.97. The predicted octanol–water partition coefficient (Wildman–Crippen LogP) is 4.06. The summed E-state index contributed by atoms with van der Waals surface area (Å²) in [6.45, 7) is 5.03. The van der Waals surface area contributed by atoms with Gasteiger partial charge in [-0.15, -0.1) is 0 Å². The van der Waals surface area contributed by atoms with E-state index in [1.54, 1.807) is 0 Å². The minimum Gasteiger partial charge on any atom is -0.494 e. The number of nitrogens with one attached hydrogen (secondary N) is 1. The zero-order valence-electron chi connectivity index (χ0n) is 12.2. The van der Waals surface area contributed by atoms with Gasteiger partial charge in [0.2, 0.25) is 0 Å². The van der Waals surface area contributed by atoms with Crippen molar-refractivity contribution < 1.29 is 13.5 Å². The van der Waals surface area contributed by atoms with Crippen molar-refractivity contribution in [3.63, 3.8) is 0 Å². The lowest BCUT2D eigenvalue weighted by Gasteiger charge is -2.22. The molecule has 2 aromatic rings. The molecule has 112 valence electrons. The van der Waals surface area contributed by atoms with Crippen LogP contribution in [-0.2, 0) is 0 Å². The van der Waals surface area contributed by atoms with Gasteiger partial charge < -0.3 is 10.1 Å². The summed E-state index contributed by atoms with van der Waals surface area (Å²) in [6.07, 6.45) is 0. The van der Waals surface area contributed by atoms with Crippen LogP contribution in [0.25, 0.3) is 0 Å². The molecule has 0 saturated carbocycles. The maximum Gasteiger partial charge on any atom is 0.131 e. The van der Waals surface area contributed by atoms with Gasteiger partial charge in [-0.25, -0.2) is 8.78 Å². The number of para-hydroxylation sites is 1.